The summed E-state index contributed by atoms with van der Waals surface area (Å²) in [6, 6.07) is 13.3. The van der Waals surface area contributed by atoms with E-state index in [4.69, 9.17) is 4.74 Å². The third kappa shape index (κ3) is 3.47. The Hall–Kier alpha value is -2.66. The highest BCUT2D eigenvalue weighted by molar-refractivity contribution is 6.14. The summed E-state index contributed by atoms with van der Waals surface area (Å²) in [7, 11) is 0. The van der Waals surface area contributed by atoms with Crippen LogP contribution in [0.15, 0.2) is 42.5 Å². The zero-order chi connectivity index (χ0) is 18.8. The van der Waals surface area contributed by atoms with Crippen LogP contribution in [-0.4, -0.2) is 36.0 Å². The van der Waals surface area contributed by atoms with Gasteiger partial charge in [0, 0.05) is 25.4 Å². The molecule has 0 aliphatic carbocycles. The summed E-state index contributed by atoms with van der Waals surface area (Å²) in [5.41, 5.74) is 3.75. The molecule has 2 heterocycles. The number of fused-ring (bicyclic) bond motifs is 1. The van der Waals surface area contributed by atoms with Crippen molar-refractivity contribution in [3.8, 4) is 0 Å². The summed E-state index contributed by atoms with van der Waals surface area (Å²) in [5, 5.41) is 2.98. The molecule has 0 bridgehead atoms. The first-order valence-corrected chi connectivity index (χ1v) is 9.59. The molecule has 4 rings (SSSR count). The maximum Gasteiger partial charge on any atom is 0.256 e. The first-order chi connectivity index (χ1) is 13.2. The van der Waals surface area contributed by atoms with Crippen molar-refractivity contribution < 1.29 is 14.3 Å². The standard InChI is InChI=1S/C22H24N2O3/c1-2-15-7-3-4-11-19(15)23-21(25)18-10-5-8-16-13-24(22(26)20(16)18)14-17-9-6-12-27-17/h3-5,7-8,10-11,17H,2,6,9,12-14H2,1H3,(H,23,25). The maximum absolute atomic E-state index is 13.0. The minimum absolute atomic E-state index is 0.0740. The molecule has 2 aromatic rings. The summed E-state index contributed by atoms with van der Waals surface area (Å²) >= 11 is 0. The minimum atomic E-state index is -0.236. The molecule has 2 aromatic carbocycles. The first-order valence-electron chi connectivity index (χ1n) is 9.59. The molecule has 2 amide bonds. The smallest absolute Gasteiger partial charge is 0.256 e. The second-order valence-electron chi connectivity index (χ2n) is 7.13. The molecule has 1 atom stereocenters. The molecule has 1 saturated heterocycles. The second-order valence-corrected chi connectivity index (χ2v) is 7.13. The van der Waals surface area contributed by atoms with Gasteiger partial charge < -0.3 is 15.0 Å². The number of hydrogen-bond acceptors (Lipinski definition) is 3. The van der Waals surface area contributed by atoms with Crippen molar-refractivity contribution in [2.45, 2.75) is 38.8 Å². The van der Waals surface area contributed by atoms with Crippen molar-refractivity contribution in [3.63, 3.8) is 0 Å². The third-order valence-electron chi connectivity index (χ3n) is 5.35. The lowest BCUT2D eigenvalue weighted by Gasteiger charge is -2.19. The summed E-state index contributed by atoms with van der Waals surface area (Å²) < 4.78 is 5.67. The molecule has 5 nitrogen and oxygen atoms in total. The molecule has 2 aliphatic heterocycles. The van der Waals surface area contributed by atoms with Crippen LogP contribution in [0, 0.1) is 0 Å². The van der Waals surface area contributed by atoms with E-state index in [0.29, 0.717) is 24.2 Å². The lowest BCUT2D eigenvalue weighted by molar-refractivity contribution is 0.0544. The van der Waals surface area contributed by atoms with E-state index in [1.807, 2.05) is 36.4 Å². The predicted molar refractivity (Wildman–Crippen MR) is 104 cm³/mol. The van der Waals surface area contributed by atoms with Crippen LogP contribution in [0.25, 0.3) is 0 Å². The summed E-state index contributed by atoms with van der Waals surface area (Å²) in [4.78, 5) is 27.7. The molecular weight excluding hydrogens is 340 g/mol. The molecule has 0 radical (unpaired) electrons. The average Bonchev–Trinajstić information content (AvgIpc) is 3.31. The van der Waals surface area contributed by atoms with Crippen LogP contribution >= 0.6 is 0 Å². The second kappa shape index (κ2) is 7.53. The van der Waals surface area contributed by atoms with Crippen LogP contribution in [0.4, 0.5) is 5.69 Å². The van der Waals surface area contributed by atoms with E-state index >= 15 is 0 Å². The van der Waals surface area contributed by atoms with Crippen molar-refractivity contribution in [3.05, 3.63) is 64.7 Å². The fraction of sp³-hybridized carbons (Fsp3) is 0.364. The van der Waals surface area contributed by atoms with Gasteiger partial charge in [-0.15, -0.1) is 0 Å². The van der Waals surface area contributed by atoms with Crippen LogP contribution < -0.4 is 5.32 Å². The van der Waals surface area contributed by atoms with E-state index in [9.17, 15) is 9.59 Å². The molecule has 140 valence electrons. The van der Waals surface area contributed by atoms with Gasteiger partial charge in [0.2, 0.25) is 0 Å². The van der Waals surface area contributed by atoms with Gasteiger partial charge in [-0.3, -0.25) is 9.59 Å². The molecule has 1 N–H and O–H groups in total. The lowest BCUT2D eigenvalue weighted by atomic mass is 10.0. The fourth-order valence-corrected chi connectivity index (χ4v) is 3.93. The van der Waals surface area contributed by atoms with Gasteiger partial charge in [0.1, 0.15) is 0 Å². The van der Waals surface area contributed by atoms with E-state index in [2.05, 4.69) is 12.2 Å². The zero-order valence-corrected chi connectivity index (χ0v) is 15.5. The number of anilines is 1. The van der Waals surface area contributed by atoms with Crippen LogP contribution in [0.1, 0.15) is 51.6 Å². The number of nitrogens with zero attached hydrogens (tertiary/aromatic N) is 1. The SMILES string of the molecule is CCc1ccccc1NC(=O)c1cccc2c1C(=O)N(CC1CCCO1)C2. The van der Waals surface area contributed by atoms with Gasteiger partial charge in [0.25, 0.3) is 11.8 Å². The van der Waals surface area contributed by atoms with Crippen LogP contribution in [0.3, 0.4) is 0 Å². The topological polar surface area (TPSA) is 58.6 Å². The van der Waals surface area contributed by atoms with Gasteiger partial charge in [-0.2, -0.15) is 0 Å². The molecular formula is C22H24N2O3. The van der Waals surface area contributed by atoms with Gasteiger partial charge >= 0.3 is 0 Å². The molecule has 0 spiro atoms. The van der Waals surface area contributed by atoms with E-state index in [1.165, 1.54) is 0 Å². The van der Waals surface area contributed by atoms with E-state index in [-0.39, 0.29) is 17.9 Å². The third-order valence-corrected chi connectivity index (χ3v) is 5.35. The van der Waals surface area contributed by atoms with Gasteiger partial charge in [0.05, 0.1) is 17.2 Å². The van der Waals surface area contributed by atoms with Crippen molar-refractivity contribution in [1.29, 1.82) is 0 Å². The fourth-order valence-electron chi connectivity index (χ4n) is 3.93. The van der Waals surface area contributed by atoms with Gasteiger partial charge in [-0.05, 0) is 42.5 Å². The number of ether oxygens (including phenoxy) is 1. The van der Waals surface area contributed by atoms with Crippen molar-refractivity contribution >= 4 is 17.5 Å². The quantitative estimate of drug-likeness (QED) is 0.881. The molecule has 2 aliphatic rings. The molecule has 27 heavy (non-hydrogen) atoms. The number of amides is 2. The van der Waals surface area contributed by atoms with E-state index in [1.54, 1.807) is 11.0 Å². The number of hydrogen-bond donors (Lipinski definition) is 1. The normalized spacial score (nSPS) is 18.6. The Morgan fingerprint density at radius 1 is 1.22 bits per heavy atom. The number of rotatable bonds is 5. The van der Waals surface area contributed by atoms with Gasteiger partial charge in [-0.1, -0.05) is 37.3 Å². The van der Waals surface area contributed by atoms with Crippen molar-refractivity contribution in [2.24, 2.45) is 0 Å². The Kier molecular flexibility index (Phi) is 4.94. The molecule has 0 saturated carbocycles. The Bertz CT molecular complexity index is 872. The van der Waals surface area contributed by atoms with Crippen LogP contribution in [0.2, 0.25) is 0 Å². The molecule has 0 aromatic heterocycles. The Labute approximate surface area is 159 Å². The van der Waals surface area contributed by atoms with Gasteiger partial charge in [-0.25, -0.2) is 0 Å². The summed E-state index contributed by atoms with van der Waals surface area (Å²) in [6.45, 7) is 3.95. The number of para-hydroxylation sites is 1. The largest absolute Gasteiger partial charge is 0.376 e. The number of carbonyl (C=O) groups is 2. The van der Waals surface area contributed by atoms with Gasteiger partial charge in [0.15, 0.2) is 0 Å². The highest BCUT2D eigenvalue weighted by atomic mass is 16.5. The highest BCUT2D eigenvalue weighted by Crippen LogP contribution is 2.28. The number of carbonyl (C=O) groups excluding carboxylic acids is 2. The predicted octanol–water partition coefficient (Wildman–Crippen LogP) is 3.64. The average molecular weight is 364 g/mol. The monoisotopic (exact) mass is 364 g/mol. The minimum Gasteiger partial charge on any atom is -0.376 e. The zero-order valence-electron chi connectivity index (χ0n) is 15.5. The summed E-state index contributed by atoms with van der Waals surface area (Å²) in [6.07, 6.45) is 2.97. The van der Waals surface area contributed by atoms with E-state index in [0.717, 1.165) is 42.7 Å². The highest BCUT2D eigenvalue weighted by Gasteiger charge is 2.33. The Morgan fingerprint density at radius 2 is 2.07 bits per heavy atom. The maximum atomic E-state index is 13.0. The Morgan fingerprint density at radius 3 is 2.85 bits per heavy atom. The molecule has 5 heteroatoms. The number of aryl methyl sites for hydroxylation is 1. The first kappa shape index (κ1) is 17.7. The Balaban J connectivity index is 1.56. The van der Waals surface area contributed by atoms with Crippen LogP contribution in [0.5, 0.6) is 0 Å². The lowest BCUT2D eigenvalue weighted by Crippen LogP contribution is -2.32. The molecule has 1 unspecified atom stereocenters. The van der Waals surface area contributed by atoms with E-state index < -0.39 is 0 Å². The number of benzene rings is 2. The van der Waals surface area contributed by atoms with Crippen molar-refractivity contribution in [2.75, 3.05) is 18.5 Å². The molecule has 1 fully saturated rings. The summed E-state index contributed by atoms with van der Waals surface area (Å²) in [5.74, 6) is -0.310. The van der Waals surface area contributed by atoms with Crippen molar-refractivity contribution in [1.82, 2.24) is 4.90 Å². The number of nitrogens with one attached hydrogen (secondary N) is 1. The van der Waals surface area contributed by atoms with Crippen LogP contribution in [-0.2, 0) is 17.7 Å².